The Morgan fingerprint density at radius 3 is 2.46 bits per heavy atom. The average Bonchev–Trinajstić information content (AvgIpc) is 2.44. The number of ether oxygens (including phenoxy) is 1. The van der Waals surface area contributed by atoms with E-state index in [1.807, 2.05) is 4.90 Å². The molecule has 0 aromatic heterocycles. The number of carbonyl (C=O) groups excluding carboxylic acids is 1. The molecule has 3 atom stereocenters. The lowest BCUT2D eigenvalue weighted by molar-refractivity contribution is -0.139. The molecule has 3 unspecified atom stereocenters. The molecule has 2 aliphatic heterocycles. The molecule has 0 radical (unpaired) electrons. The van der Waals surface area contributed by atoms with Gasteiger partial charge in [0.05, 0.1) is 12.2 Å². The van der Waals surface area contributed by atoms with Crippen molar-refractivity contribution in [3.63, 3.8) is 0 Å². The van der Waals surface area contributed by atoms with E-state index in [4.69, 9.17) is 16.3 Å². The minimum atomic E-state index is -0.405. The van der Waals surface area contributed by atoms with Gasteiger partial charge < -0.3 is 9.64 Å². The van der Waals surface area contributed by atoms with Gasteiger partial charge in [0.25, 0.3) is 0 Å². The van der Waals surface area contributed by atoms with Gasteiger partial charge in [-0.1, -0.05) is 0 Å². The number of alkyl halides is 1. The van der Waals surface area contributed by atoms with Gasteiger partial charge >= 0.3 is 0 Å². The number of amides is 1. The summed E-state index contributed by atoms with van der Waals surface area (Å²) in [6, 6.07) is 0. The van der Waals surface area contributed by atoms with Crippen LogP contribution in [0.1, 0.15) is 19.8 Å². The van der Waals surface area contributed by atoms with Crippen LogP contribution in [0.3, 0.4) is 0 Å². The Kier molecular flexibility index (Phi) is 2.47. The van der Waals surface area contributed by atoms with Crippen molar-refractivity contribution in [1.82, 2.24) is 4.90 Å². The van der Waals surface area contributed by atoms with Gasteiger partial charge in [0, 0.05) is 13.1 Å². The van der Waals surface area contributed by atoms with Crippen LogP contribution in [-0.2, 0) is 9.53 Å². The maximum atomic E-state index is 11.6. The largest absolute Gasteiger partial charge is 0.371 e. The molecule has 2 aliphatic rings. The van der Waals surface area contributed by atoms with Crippen LogP contribution in [0.5, 0.6) is 0 Å². The van der Waals surface area contributed by atoms with Crippen LogP contribution >= 0.6 is 11.6 Å². The van der Waals surface area contributed by atoms with Crippen LogP contribution in [0, 0.1) is 0 Å². The number of likely N-dealkylation sites (tertiary alicyclic amines) is 1. The molecule has 13 heavy (non-hydrogen) atoms. The fraction of sp³-hybridized carbons (Fsp3) is 0.889. The van der Waals surface area contributed by atoms with Crippen LogP contribution in [0.15, 0.2) is 0 Å². The number of carbonyl (C=O) groups is 1. The van der Waals surface area contributed by atoms with Crippen LogP contribution in [-0.4, -0.2) is 41.5 Å². The van der Waals surface area contributed by atoms with Crippen molar-refractivity contribution in [2.45, 2.75) is 37.4 Å². The summed E-state index contributed by atoms with van der Waals surface area (Å²) in [5.41, 5.74) is 0. The molecule has 0 N–H and O–H groups in total. The molecule has 4 heteroatoms. The molecule has 74 valence electrons. The predicted octanol–water partition coefficient (Wildman–Crippen LogP) is 1.00. The van der Waals surface area contributed by atoms with Crippen LogP contribution < -0.4 is 0 Å². The third-order valence-corrected chi connectivity index (χ3v) is 2.88. The molecule has 2 bridgehead atoms. The molecular weight excluding hydrogens is 190 g/mol. The Labute approximate surface area is 83.0 Å². The molecule has 0 aliphatic carbocycles. The smallest absolute Gasteiger partial charge is 0.240 e. The first kappa shape index (κ1) is 9.28. The lowest BCUT2D eigenvalue weighted by Crippen LogP contribution is -2.47. The summed E-state index contributed by atoms with van der Waals surface area (Å²) in [6.45, 7) is 3.18. The van der Waals surface area contributed by atoms with Gasteiger partial charge in [0.15, 0.2) is 0 Å². The summed E-state index contributed by atoms with van der Waals surface area (Å²) in [5, 5.41) is -0.405. The molecule has 2 saturated heterocycles. The second-order valence-corrected chi connectivity index (χ2v) is 4.47. The number of morpholine rings is 1. The van der Waals surface area contributed by atoms with Crippen molar-refractivity contribution < 1.29 is 9.53 Å². The van der Waals surface area contributed by atoms with E-state index in [0.29, 0.717) is 0 Å². The van der Waals surface area contributed by atoms with Crippen molar-refractivity contribution in [1.29, 1.82) is 0 Å². The lowest BCUT2D eigenvalue weighted by Gasteiger charge is -2.32. The first-order valence-corrected chi connectivity index (χ1v) is 5.19. The first-order chi connectivity index (χ1) is 6.16. The molecule has 3 nitrogen and oxygen atoms in total. The number of fused-ring (bicyclic) bond motifs is 2. The molecule has 2 rings (SSSR count). The fourth-order valence-electron chi connectivity index (χ4n) is 2.05. The maximum Gasteiger partial charge on any atom is 0.240 e. The van der Waals surface area contributed by atoms with E-state index in [9.17, 15) is 4.79 Å². The monoisotopic (exact) mass is 203 g/mol. The Bertz CT molecular complexity index is 208. The summed E-state index contributed by atoms with van der Waals surface area (Å²) in [5.74, 6) is 0.0434. The van der Waals surface area contributed by atoms with Gasteiger partial charge in [0.1, 0.15) is 5.38 Å². The number of rotatable bonds is 1. The van der Waals surface area contributed by atoms with Gasteiger partial charge in [-0.05, 0) is 19.8 Å². The third kappa shape index (κ3) is 1.81. The highest BCUT2D eigenvalue weighted by Crippen LogP contribution is 2.26. The van der Waals surface area contributed by atoms with Gasteiger partial charge in [-0.15, -0.1) is 11.6 Å². The zero-order valence-corrected chi connectivity index (χ0v) is 8.46. The predicted molar refractivity (Wildman–Crippen MR) is 49.8 cm³/mol. The molecule has 1 amide bonds. The Morgan fingerprint density at radius 1 is 1.46 bits per heavy atom. The summed E-state index contributed by atoms with van der Waals surface area (Å²) in [7, 11) is 0. The molecule has 0 spiro atoms. The van der Waals surface area contributed by atoms with Crippen LogP contribution in [0.2, 0.25) is 0 Å². The SMILES string of the molecule is CC(Cl)C(=O)N1CC2CCC(C1)O2. The molecule has 0 aromatic carbocycles. The summed E-state index contributed by atoms with van der Waals surface area (Å²) in [4.78, 5) is 13.4. The van der Waals surface area contributed by atoms with E-state index >= 15 is 0 Å². The van der Waals surface area contributed by atoms with E-state index in [-0.39, 0.29) is 18.1 Å². The Morgan fingerprint density at radius 2 is 2.00 bits per heavy atom. The van der Waals surface area contributed by atoms with Crippen molar-refractivity contribution >= 4 is 17.5 Å². The minimum absolute atomic E-state index is 0.0434. The zero-order chi connectivity index (χ0) is 9.42. The van der Waals surface area contributed by atoms with Crippen molar-refractivity contribution in [3.8, 4) is 0 Å². The van der Waals surface area contributed by atoms with E-state index in [1.54, 1.807) is 6.92 Å². The van der Waals surface area contributed by atoms with E-state index in [0.717, 1.165) is 25.9 Å². The minimum Gasteiger partial charge on any atom is -0.371 e. The fourth-order valence-corrected chi connectivity index (χ4v) is 2.18. The highest BCUT2D eigenvalue weighted by molar-refractivity contribution is 6.30. The number of hydrogen-bond donors (Lipinski definition) is 0. The van der Waals surface area contributed by atoms with Crippen molar-refractivity contribution in [3.05, 3.63) is 0 Å². The molecular formula is C9H14ClNO2. The standard InChI is InChI=1S/C9H14ClNO2/c1-6(10)9(12)11-4-7-2-3-8(5-11)13-7/h6-8H,2-5H2,1H3. The number of nitrogens with zero attached hydrogens (tertiary/aromatic N) is 1. The van der Waals surface area contributed by atoms with Gasteiger partial charge in [-0.3, -0.25) is 4.79 Å². The van der Waals surface area contributed by atoms with Gasteiger partial charge in [-0.2, -0.15) is 0 Å². The quantitative estimate of drug-likeness (QED) is 0.596. The van der Waals surface area contributed by atoms with E-state index < -0.39 is 5.38 Å². The number of hydrogen-bond acceptors (Lipinski definition) is 2. The summed E-state index contributed by atoms with van der Waals surface area (Å²) >= 11 is 5.75. The van der Waals surface area contributed by atoms with Gasteiger partial charge in [0.2, 0.25) is 5.91 Å². The lowest BCUT2D eigenvalue weighted by atomic mass is 10.2. The van der Waals surface area contributed by atoms with Crippen molar-refractivity contribution in [2.24, 2.45) is 0 Å². The second-order valence-electron chi connectivity index (χ2n) is 3.82. The topological polar surface area (TPSA) is 29.5 Å². The second kappa shape index (κ2) is 3.46. The van der Waals surface area contributed by atoms with Crippen molar-refractivity contribution in [2.75, 3.05) is 13.1 Å². The summed E-state index contributed by atoms with van der Waals surface area (Å²) in [6.07, 6.45) is 2.70. The molecule has 0 saturated carbocycles. The van der Waals surface area contributed by atoms with Crippen LogP contribution in [0.4, 0.5) is 0 Å². The Hall–Kier alpha value is -0.280. The molecule has 0 aromatic rings. The van der Waals surface area contributed by atoms with Gasteiger partial charge in [-0.25, -0.2) is 0 Å². The highest BCUT2D eigenvalue weighted by atomic mass is 35.5. The summed E-state index contributed by atoms with van der Waals surface area (Å²) < 4.78 is 5.62. The first-order valence-electron chi connectivity index (χ1n) is 4.75. The van der Waals surface area contributed by atoms with E-state index in [1.165, 1.54) is 0 Å². The van der Waals surface area contributed by atoms with Crippen LogP contribution in [0.25, 0.3) is 0 Å². The van der Waals surface area contributed by atoms with E-state index in [2.05, 4.69) is 0 Å². The maximum absolute atomic E-state index is 11.6. The number of halogens is 1. The molecule has 2 heterocycles. The highest BCUT2D eigenvalue weighted by Gasteiger charge is 2.36. The average molecular weight is 204 g/mol. The molecule has 2 fully saturated rings. The Balaban J connectivity index is 1.98. The normalized spacial score (nSPS) is 34.8. The third-order valence-electron chi connectivity index (χ3n) is 2.70. The zero-order valence-electron chi connectivity index (χ0n) is 7.70.